The third-order valence-corrected chi connectivity index (χ3v) is 2.34. The fourth-order valence-corrected chi connectivity index (χ4v) is 1.49. The Balaban J connectivity index is 2.77. The lowest BCUT2D eigenvalue weighted by Gasteiger charge is -2.16. The SMILES string of the molecule is CCNC(=O)C(C)Oc1ccccc1CC(=O)O. The number of amides is 1. The van der Waals surface area contributed by atoms with E-state index in [-0.39, 0.29) is 12.3 Å². The van der Waals surface area contributed by atoms with Crippen molar-refractivity contribution in [2.75, 3.05) is 6.54 Å². The molecular weight excluding hydrogens is 234 g/mol. The molecule has 0 aromatic heterocycles. The molecule has 1 aromatic carbocycles. The lowest BCUT2D eigenvalue weighted by atomic mass is 10.1. The van der Waals surface area contributed by atoms with Gasteiger partial charge < -0.3 is 15.2 Å². The van der Waals surface area contributed by atoms with Crippen molar-refractivity contribution in [3.8, 4) is 5.75 Å². The molecule has 98 valence electrons. The molecule has 0 aliphatic carbocycles. The lowest BCUT2D eigenvalue weighted by Crippen LogP contribution is -2.36. The summed E-state index contributed by atoms with van der Waals surface area (Å²) in [6.07, 6.45) is -0.780. The van der Waals surface area contributed by atoms with Crippen molar-refractivity contribution >= 4 is 11.9 Å². The van der Waals surface area contributed by atoms with Crippen LogP contribution in [0.5, 0.6) is 5.75 Å². The highest BCUT2D eigenvalue weighted by Gasteiger charge is 2.16. The summed E-state index contributed by atoms with van der Waals surface area (Å²) in [5, 5.41) is 11.4. The molecule has 0 heterocycles. The summed E-state index contributed by atoms with van der Waals surface area (Å²) in [5.41, 5.74) is 0.557. The van der Waals surface area contributed by atoms with E-state index in [1.807, 2.05) is 6.92 Å². The molecule has 1 amide bonds. The zero-order valence-corrected chi connectivity index (χ0v) is 10.5. The summed E-state index contributed by atoms with van der Waals surface area (Å²) in [7, 11) is 0. The largest absolute Gasteiger partial charge is 0.481 e. The number of rotatable bonds is 6. The number of nitrogens with one attached hydrogen (secondary N) is 1. The molecule has 0 radical (unpaired) electrons. The quantitative estimate of drug-likeness (QED) is 0.797. The zero-order chi connectivity index (χ0) is 13.5. The Morgan fingerprint density at radius 3 is 2.67 bits per heavy atom. The second kappa shape index (κ2) is 6.64. The van der Waals surface area contributed by atoms with E-state index in [2.05, 4.69) is 5.32 Å². The van der Waals surface area contributed by atoms with E-state index in [9.17, 15) is 9.59 Å². The number of carbonyl (C=O) groups is 2. The molecule has 1 atom stereocenters. The van der Waals surface area contributed by atoms with Gasteiger partial charge in [-0.1, -0.05) is 18.2 Å². The Morgan fingerprint density at radius 2 is 2.06 bits per heavy atom. The summed E-state index contributed by atoms with van der Waals surface area (Å²) in [4.78, 5) is 22.2. The molecule has 2 N–H and O–H groups in total. The first-order valence-electron chi connectivity index (χ1n) is 5.78. The van der Waals surface area contributed by atoms with Gasteiger partial charge in [-0.2, -0.15) is 0 Å². The van der Waals surface area contributed by atoms with Crippen LogP contribution in [-0.4, -0.2) is 29.6 Å². The monoisotopic (exact) mass is 251 g/mol. The van der Waals surface area contributed by atoms with Crippen LogP contribution in [0.25, 0.3) is 0 Å². The van der Waals surface area contributed by atoms with Gasteiger partial charge in [-0.3, -0.25) is 9.59 Å². The van der Waals surface area contributed by atoms with Crippen LogP contribution in [0.4, 0.5) is 0 Å². The summed E-state index contributed by atoms with van der Waals surface area (Å²) in [6.45, 7) is 3.98. The molecule has 0 aliphatic heterocycles. The molecular formula is C13H17NO4. The van der Waals surface area contributed by atoms with Crippen molar-refractivity contribution in [2.24, 2.45) is 0 Å². The maximum absolute atomic E-state index is 11.5. The molecule has 1 rings (SSSR count). The van der Waals surface area contributed by atoms with Gasteiger partial charge in [0.25, 0.3) is 5.91 Å². The molecule has 1 unspecified atom stereocenters. The summed E-state index contributed by atoms with van der Waals surface area (Å²) in [5.74, 6) is -0.724. The minimum atomic E-state index is -0.934. The van der Waals surface area contributed by atoms with Gasteiger partial charge >= 0.3 is 5.97 Å². The van der Waals surface area contributed by atoms with Crippen LogP contribution in [-0.2, 0) is 16.0 Å². The second-order valence-electron chi connectivity index (χ2n) is 3.83. The Bertz CT molecular complexity index is 431. The number of hydrogen-bond acceptors (Lipinski definition) is 3. The number of aliphatic carboxylic acids is 1. The van der Waals surface area contributed by atoms with Gasteiger partial charge in [-0.15, -0.1) is 0 Å². The van der Waals surface area contributed by atoms with Gasteiger partial charge in [0.2, 0.25) is 0 Å². The van der Waals surface area contributed by atoms with E-state index in [1.54, 1.807) is 31.2 Å². The number of benzene rings is 1. The van der Waals surface area contributed by atoms with Crippen LogP contribution in [0.15, 0.2) is 24.3 Å². The summed E-state index contributed by atoms with van der Waals surface area (Å²) in [6, 6.07) is 6.81. The van der Waals surface area contributed by atoms with Crippen molar-refractivity contribution in [2.45, 2.75) is 26.4 Å². The number of hydrogen-bond donors (Lipinski definition) is 2. The molecule has 1 aromatic rings. The molecule has 5 heteroatoms. The first-order valence-corrected chi connectivity index (χ1v) is 5.78. The van der Waals surface area contributed by atoms with Gasteiger partial charge in [0, 0.05) is 12.1 Å². The van der Waals surface area contributed by atoms with Gasteiger partial charge in [-0.25, -0.2) is 0 Å². The molecule has 0 saturated heterocycles. The van der Waals surface area contributed by atoms with Crippen molar-refractivity contribution in [3.05, 3.63) is 29.8 Å². The van der Waals surface area contributed by atoms with E-state index in [1.165, 1.54) is 0 Å². The van der Waals surface area contributed by atoms with Crippen LogP contribution in [0, 0.1) is 0 Å². The Morgan fingerprint density at radius 1 is 1.39 bits per heavy atom. The van der Waals surface area contributed by atoms with E-state index >= 15 is 0 Å². The number of carboxylic acid groups (broad SMARTS) is 1. The van der Waals surface area contributed by atoms with Crippen LogP contribution in [0.2, 0.25) is 0 Å². The maximum Gasteiger partial charge on any atom is 0.307 e. The van der Waals surface area contributed by atoms with Gasteiger partial charge in [0.1, 0.15) is 5.75 Å². The Kier molecular flexibility index (Phi) is 5.17. The number of carbonyl (C=O) groups excluding carboxylic acids is 1. The lowest BCUT2D eigenvalue weighted by molar-refractivity contribution is -0.136. The second-order valence-corrected chi connectivity index (χ2v) is 3.83. The standard InChI is InChI=1S/C13H17NO4/c1-3-14-13(17)9(2)18-11-7-5-4-6-10(11)8-12(15)16/h4-7,9H,3,8H2,1-2H3,(H,14,17)(H,15,16). The Hall–Kier alpha value is -2.04. The van der Waals surface area contributed by atoms with Crippen LogP contribution in [0.1, 0.15) is 19.4 Å². The average Bonchev–Trinajstić information content (AvgIpc) is 2.31. The van der Waals surface area contributed by atoms with Crippen LogP contribution >= 0.6 is 0 Å². The van der Waals surface area contributed by atoms with Gasteiger partial charge in [0.15, 0.2) is 6.10 Å². The van der Waals surface area contributed by atoms with E-state index < -0.39 is 12.1 Å². The van der Waals surface area contributed by atoms with Crippen molar-refractivity contribution < 1.29 is 19.4 Å². The number of likely N-dealkylation sites (N-methyl/N-ethyl adjacent to an activating group) is 1. The average molecular weight is 251 g/mol. The fourth-order valence-electron chi connectivity index (χ4n) is 1.49. The first kappa shape index (κ1) is 14.0. The normalized spacial score (nSPS) is 11.7. The van der Waals surface area contributed by atoms with Gasteiger partial charge in [0.05, 0.1) is 6.42 Å². The molecule has 0 fully saturated rings. The molecule has 0 saturated carbocycles. The molecule has 5 nitrogen and oxygen atoms in total. The number of para-hydroxylation sites is 1. The third-order valence-electron chi connectivity index (χ3n) is 2.34. The summed E-state index contributed by atoms with van der Waals surface area (Å²) < 4.78 is 5.49. The number of ether oxygens (including phenoxy) is 1. The molecule has 0 spiro atoms. The van der Waals surface area contributed by atoms with Crippen LogP contribution in [0.3, 0.4) is 0 Å². The molecule has 0 bridgehead atoms. The van der Waals surface area contributed by atoms with Crippen molar-refractivity contribution in [3.63, 3.8) is 0 Å². The molecule has 0 aliphatic rings. The minimum absolute atomic E-state index is 0.127. The summed E-state index contributed by atoms with van der Waals surface area (Å²) >= 11 is 0. The van der Waals surface area contributed by atoms with E-state index in [0.717, 1.165) is 0 Å². The maximum atomic E-state index is 11.5. The highest BCUT2D eigenvalue weighted by molar-refractivity contribution is 5.80. The number of carboxylic acids is 1. The van der Waals surface area contributed by atoms with E-state index in [0.29, 0.717) is 17.9 Å². The van der Waals surface area contributed by atoms with Crippen molar-refractivity contribution in [1.29, 1.82) is 0 Å². The van der Waals surface area contributed by atoms with Crippen LogP contribution < -0.4 is 10.1 Å². The van der Waals surface area contributed by atoms with Crippen molar-refractivity contribution in [1.82, 2.24) is 5.32 Å². The zero-order valence-electron chi connectivity index (χ0n) is 10.5. The predicted molar refractivity (Wildman–Crippen MR) is 66.6 cm³/mol. The topological polar surface area (TPSA) is 75.6 Å². The third kappa shape index (κ3) is 4.08. The smallest absolute Gasteiger partial charge is 0.307 e. The minimum Gasteiger partial charge on any atom is -0.481 e. The predicted octanol–water partition coefficient (Wildman–Crippen LogP) is 1.22. The van der Waals surface area contributed by atoms with E-state index in [4.69, 9.17) is 9.84 Å². The molecule has 18 heavy (non-hydrogen) atoms. The highest BCUT2D eigenvalue weighted by Crippen LogP contribution is 2.19. The first-order chi connectivity index (χ1) is 8.54. The van der Waals surface area contributed by atoms with Gasteiger partial charge in [-0.05, 0) is 19.9 Å². The highest BCUT2D eigenvalue weighted by atomic mass is 16.5. The fraction of sp³-hybridized carbons (Fsp3) is 0.385. The Labute approximate surface area is 106 Å².